The predicted octanol–water partition coefficient (Wildman–Crippen LogP) is 5.47. The molecule has 0 fully saturated rings. The molecular weight excluding hydrogens is 427 g/mol. The Balaban J connectivity index is 1.69. The zero-order valence-corrected chi connectivity index (χ0v) is 19.0. The van der Waals surface area contributed by atoms with Crippen molar-refractivity contribution >= 4 is 40.9 Å². The van der Waals surface area contributed by atoms with E-state index in [1.54, 1.807) is 12.1 Å². The Morgan fingerprint density at radius 2 is 1.86 bits per heavy atom. The highest BCUT2D eigenvalue weighted by Gasteiger charge is 2.16. The summed E-state index contributed by atoms with van der Waals surface area (Å²) in [7, 11) is 0. The molecule has 1 heterocycles. The van der Waals surface area contributed by atoms with Crippen LogP contribution in [0.5, 0.6) is 0 Å². The molecule has 152 valence electrons. The minimum absolute atomic E-state index is 0.0956. The first-order valence-corrected chi connectivity index (χ1v) is 10.9. The van der Waals surface area contributed by atoms with Gasteiger partial charge >= 0.3 is 0 Å². The van der Waals surface area contributed by atoms with E-state index in [0.29, 0.717) is 15.2 Å². The number of carbonyl (C=O) groups is 1. The normalized spacial score (nSPS) is 12.1. The van der Waals surface area contributed by atoms with Crippen LogP contribution < -0.4 is 5.32 Å². The number of nitrogens with one attached hydrogen (secondary N) is 1. The fourth-order valence-corrected chi connectivity index (χ4v) is 4.06. The molecule has 0 saturated heterocycles. The minimum Gasteiger partial charge on any atom is -0.349 e. The van der Waals surface area contributed by atoms with E-state index in [1.807, 2.05) is 38.3 Å². The first-order valence-electron chi connectivity index (χ1n) is 9.13. The lowest BCUT2D eigenvalue weighted by Gasteiger charge is -2.15. The van der Waals surface area contributed by atoms with E-state index < -0.39 is 0 Å². The van der Waals surface area contributed by atoms with E-state index in [1.165, 1.54) is 11.8 Å². The van der Waals surface area contributed by atoms with Gasteiger partial charge in [-0.3, -0.25) is 9.36 Å². The lowest BCUT2D eigenvalue weighted by Crippen LogP contribution is -2.28. The molecule has 1 atom stereocenters. The van der Waals surface area contributed by atoms with Crippen LogP contribution in [0.2, 0.25) is 10.0 Å². The average Bonchev–Trinajstić information content (AvgIpc) is 3.04. The summed E-state index contributed by atoms with van der Waals surface area (Å²) in [6, 6.07) is 11.4. The van der Waals surface area contributed by atoms with Gasteiger partial charge in [0.1, 0.15) is 5.82 Å². The lowest BCUT2D eigenvalue weighted by atomic mass is 10.1. The summed E-state index contributed by atoms with van der Waals surface area (Å²) in [5.74, 6) is 0.918. The molecule has 3 aromatic rings. The number of halogens is 2. The van der Waals surface area contributed by atoms with E-state index >= 15 is 0 Å². The maximum atomic E-state index is 12.5. The van der Waals surface area contributed by atoms with Crippen LogP contribution >= 0.6 is 35.0 Å². The number of carbonyl (C=O) groups excluding carboxylic acids is 1. The Bertz CT molecular complexity index is 1050. The van der Waals surface area contributed by atoms with Gasteiger partial charge in [-0.15, -0.1) is 10.2 Å². The molecule has 1 unspecified atom stereocenters. The van der Waals surface area contributed by atoms with Crippen LogP contribution in [-0.4, -0.2) is 26.4 Å². The van der Waals surface area contributed by atoms with Gasteiger partial charge in [-0.1, -0.05) is 53.2 Å². The van der Waals surface area contributed by atoms with Crippen LogP contribution in [0.3, 0.4) is 0 Å². The zero-order chi connectivity index (χ0) is 21.1. The topological polar surface area (TPSA) is 59.8 Å². The van der Waals surface area contributed by atoms with Crippen molar-refractivity contribution in [2.45, 2.75) is 38.9 Å². The molecule has 0 aliphatic heterocycles. The third kappa shape index (κ3) is 5.13. The number of hydrogen-bond acceptors (Lipinski definition) is 4. The fourth-order valence-electron chi connectivity index (χ4n) is 2.95. The van der Waals surface area contributed by atoms with E-state index in [0.717, 1.165) is 28.2 Å². The van der Waals surface area contributed by atoms with Crippen molar-refractivity contribution in [3.05, 3.63) is 69.0 Å². The maximum Gasteiger partial charge on any atom is 0.230 e. The second-order valence-corrected chi connectivity index (χ2v) is 8.66. The van der Waals surface area contributed by atoms with Crippen molar-refractivity contribution in [1.29, 1.82) is 0 Å². The Hall–Kier alpha value is -2.02. The number of benzene rings is 2. The monoisotopic (exact) mass is 448 g/mol. The van der Waals surface area contributed by atoms with Crippen LogP contribution in [0.1, 0.15) is 35.5 Å². The summed E-state index contributed by atoms with van der Waals surface area (Å²) in [6.45, 7) is 7.91. The first kappa shape index (κ1) is 21.7. The van der Waals surface area contributed by atoms with Crippen molar-refractivity contribution in [2.75, 3.05) is 5.75 Å². The Morgan fingerprint density at radius 3 is 2.59 bits per heavy atom. The van der Waals surface area contributed by atoms with Crippen LogP contribution in [0.25, 0.3) is 5.69 Å². The molecule has 0 radical (unpaired) electrons. The molecule has 1 N–H and O–H groups in total. The van der Waals surface area contributed by atoms with Crippen molar-refractivity contribution in [3.63, 3.8) is 0 Å². The van der Waals surface area contributed by atoms with Crippen molar-refractivity contribution in [3.8, 4) is 5.69 Å². The van der Waals surface area contributed by atoms with Crippen LogP contribution in [-0.2, 0) is 4.79 Å². The molecule has 2 aromatic carbocycles. The third-order valence-electron chi connectivity index (χ3n) is 4.55. The SMILES string of the molecule is Cc1ccc(C)c(-n2c(C)nnc2SCC(=O)NC(C)c2ccc(Cl)c(Cl)c2)c1. The van der Waals surface area contributed by atoms with E-state index in [2.05, 4.69) is 33.7 Å². The van der Waals surface area contributed by atoms with E-state index in [4.69, 9.17) is 23.2 Å². The van der Waals surface area contributed by atoms with Gasteiger partial charge in [-0.25, -0.2) is 0 Å². The van der Waals surface area contributed by atoms with Gasteiger partial charge in [-0.05, 0) is 62.6 Å². The lowest BCUT2D eigenvalue weighted by molar-refractivity contribution is -0.119. The smallest absolute Gasteiger partial charge is 0.230 e. The fraction of sp³-hybridized carbons (Fsp3) is 0.286. The maximum absolute atomic E-state index is 12.5. The second-order valence-electron chi connectivity index (χ2n) is 6.91. The molecule has 3 rings (SSSR count). The van der Waals surface area contributed by atoms with Crippen LogP contribution in [0, 0.1) is 20.8 Å². The quantitative estimate of drug-likeness (QED) is 0.507. The standard InChI is InChI=1S/C21H22Cl2N4OS/c1-12-5-6-13(2)19(9-12)27-15(4)25-26-21(27)29-11-20(28)24-14(3)16-7-8-17(22)18(23)10-16/h5-10,14H,11H2,1-4H3,(H,24,28). The summed E-state index contributed by atoms with van der Waals surface area (Å²) in [5.41, 5.74) is 4.20. The van der Waals surface area contributed by atoms with Crippen molar-refractivity contribution in [1.82, 2.24) is 20.1 Å². The molecule has 0 bridgehead atoms. The highest BCUT2D eigenvalue weighted by molar-refractivity contribution is 7.99. The van der Waals surface area contributed by atoms with E-state index in [-0.39, 0.29) is 17.7 Å². The molecule has 0 saturated carbocycles. The molecule has 0 aliphatic rings. The van der Waals surface area contributed by atoms with Gasteiger partial charge in [0.2, 0.25) is 5.91 Å². The summed E-state index contributed by atoms with van der Waals surface area (Å²) >= 11 is 13.4. The zero-order valence-electron chi connectivity index (χ0n) is 16.7. The molecule has 0 spiro atoms. The summed E-state index contributed by atoms with van der Waals surface area (Å²) < 4.78 is 1.99. The number of rotatable bonds is 6. The van der Waals surface area contributed by atoms with Gasteiger partial charge in [0, 0.05) is 0 Å². The van der Waals surface area contributed by atoms with Crippen LogP contribution in [0.15, 0.2) is 41.6 Å². The predicted molar refractivity (Wildman–Crippen MR) is 119 cm³/mol. The molecule has 8 heteroatoms. The average molecular weight is 449 g/mol. The first-order chi connectivity index (χ1) is 13.8. The number of thioether (sulfide) groups is 1. The second kappa shape index (κ2) is 9.20. The number of amides is 1. The molecular formula is C21H22Cl2N4OS. The van der Waals surface area contributed by atoms with E-state index in [9.17, 15) is 4.79 Å². The highest BCUT2D eigenvalue weighted by atomic mass is 35.5. The molecule has 29 heavy (non-hydrogen) atoms. The summed E-state index contributed by atoms with van der Waals surface area (Å²) in [5, 5.41) is 13.1. The summed E-state index contributed by atoms with van der Waals surface area (Å²) in [4.78, 5) is 12.5. The van der Waals surface area contributed by atoms with Gasteiger partial charge in [0.05, 0.1) is 27.5 Å². The van der Waals surface area contributed by atoms with Crippen molar-refractivity contribution < 1.29 is 4.79 Å². The number of aromatic nitrogens is 3. The van der Waals surface area contributed by atoms with Gasteiger partial charge in [0.25, 0.3) is 0 Å². The highest BCUT2D eigenvalue weighted by Crippen LogP contribution is 2.27. The number of nitrogens with zero attached hydrogens (tertiary/aromatic N) is 3. The molecule has 1 amide bonds. The third-order valence-corrected chi connectivity index (χ3v) is 6.22. The Kier molecular flexibility index (Phi) is 6.88. The van der Waals surface area contributed by atoms with Gasteiger partial charge < -0.3 is 5.32 Å². The Labute approximate surface area is 184 Å². The minimum atomic E-state index is -0.184. The largest absolute Gasteiger partial charge is 0.349 e. The summed E-state index contributed by atoms with van der Waals surface area (Å²) in [6.07, 6.45) is 0. The van der Waals surface area contributed by atoms with Gasteiger partial charge in [0.15, 0.2) is 5.16 Å². The molecule has 1 aromatic heterocycles. The number of aryl methyl sites for hydroxylation is 3. The number of hydrogen-bond donors (Lipinski definition) is 1. The van der Waals surface area contributed by atoms with Crippen molar-refractivity contribution in [2.24, 2.45) is 0 Å². The molecule has 0 aliphatic carbocycles. The Morgan fingerprint density at radius 1 is 1.10 bits per heavy atom. The molecule has 5 nitrogen and oxygen atoms in total. The van der Waals surface area contributed by atoms with Gasteiger partial charge in [-0.2, -0.15) is 0 Å². The van der Waals surface area contributed by atoms with Crippen LogP contribution in [0.4, 0.5) is 0 Å².